The number of amides is 1. The molecule has 0 bridgehead atoms. The first-order chi connectivity index (χ1) is 13.1. The van der Waals surface area contributed by atoms with Gasteiger partial charge in [-0.2, -0.15) is 0 Å². The van der Waals surface area contributed by atoms with E-state index >= 15 is 0 Å². The summed E-state index contributed by atoms with van der Waals surface area (Å²) in [6, 6.07) is 20.1. The van der Waals surface area contributed by atoms with Crippen molar-refractivity contribution in [3.63, 3.8) is 0 Å². The molecule has 1 saturated heterocycles. The van der Waals surface area contributed by atoms with Crippen LogP contribution in [0.1, 0.15) is 12.5 Å². The molecule has 4 nitrogen and oxygen atoms in total. The quantitative estimate of drug-likeness (QED) is 0.787. The van der Waals surface area contributed by atoms with E-state index in [0.717, 1.165) is 38.4 Å². The Morgan fingerprint density at radius 1 is 1.00 bits per heavy atom. The molecule has 1 heterocycles. The van der Waals surface area contributed by atoms with Crippen molar-refractivity contribution in [1.29, 1.82) is 0 Å². The number of nitrogens with zero attached hydrogens (tertiary/aromatic N) is 3. The van der Waals surface area contributed by atoms with Gasteiger partial charge >= 0.3 is 0 Å². The van der Waals surface area contributed by atoms with Gasteiger partial charge in [0.1, 0.15) is 0 Å². The van der Waals surface area contributed by atoms with Crippen molar-refractivity contribution in [3.8, 4) is 0 Å². The van der Waals surface area contributed by atoms with Crippen LogP contribution in [0, 0.1) is 0 Å². The highest BCUT2D eigenvalue weighted by atomic mass is 16.2. The average molecular weight is 364 g/mol. The maximum absolute atomic E-state index is 12.8. The molecule has 1 aliphatic heterocycles. The van der Waals surface area contributed by atoms with Crippen molar-refractivity contribution in [3.05, 3.63) is 72.3 Å². The first kappa shape index (κ1) is 19.3. The molecule has 1 atom stereocenters. The molecule has 3 rings (SSSR count). The predicted molar refractivity (Wildman–Crippen MR) is 113 cm³/mol. The number of carbonyl (C=O) groups is 1. The largest absolute Gasteiger partial charge is 0.314 e. The van der Waals surface area contributed by atoms with Crippen molar-refractivity contribution in [1.82, 2.24) is 9.80 Å². The van der Waals surface area contributed by atoms with Gasteiger partial charge in [0.25, 0.3) is 0 Å². The lowest BCUT2D eigenvalue weighted by Gasteiger charge is -2.38. The van der Waals surface area contributed by atoms with E-state index in [9.17, 15) is 4.79 Å². The molecular formula is C23H29N3O. The first-order valence-electron chi connectivity index (χ1n) is 9.66. The summed E-state index contributed by atoms with van der Waals surface area (Å²) in [5.74, 6) is 0.152. The van der Waals surface area contributed by atoms with E-state index < -0.39 is 0 Å². The summed E-state index contributed by atoms with van der Waals surface area (Å²) in [5.41, 5.74) is 2.18. The van der Waals surface area contributed by atoms with Crippen LogP contribution in [0.25, 0.3) is 6.08 Å². The molecule has 0 saturated carbocycles. The SMILES string of the molecule is C[C@@H](C(=O)N(C)c1ccccc1)N1CCN(C/C=C/c2ccccc2)CC1. The summed E-state index contributed by atoms with van der Waals surface area (Å²) in [7, 11) is 1.86. The van der Waals surface area contributed by atoms with Crippen LogP contribution in [-0.2, 0) is 4.79 Å². The third-order valence-electron chi connectivity index (χ3n) is 5.26. The standard InChI is InChI=1S/C23H29N3O/c1-20(23(27)24(2)22-13-7-4-8-14-22)26-18-16-25(17-19-26)15-9-12-21-10-5-3-6-11-21/h3-14,20H,15-19H2,1-2H3/b12-9+/t20-/m0/s1. The Kier molecular flexibility index (Phi) is 6.80. The van der Waals surface area contributed by atoms with Crippen LogP contribution in [0.2, 0.25) is 0 Å². The van der Waals surface area contributed by atoms with Gasteiger partial charge in [0.15, 0.2) is 0 Å². The monoisotopic (exact) mass is 363 g/mol. The first-order valence-corrected chi connectivity index (χ1v) is 9.66. The lowest BCUT2D eigenvalue weighted by Crippen LogP contribution is -2.54. The van der Waals surface area contributed by atoms with Gasteiger partial charge in [0.05, 0.1) is 6.04 Å². The maximum Gasteiger partial charge on any atom is 0.243 e. The van der Waals surface area contributed by atoms with Gasteiger partial charge in [0.2, 0.25) is 5.91 Å². The summed E-state index contributed by atoms with van der Waals surface area (Å²) in [6.07, 6.45) is 4.40. The average Bonchev–Trinajstić information content (AvgIpc) is 2.74. The molecule has 4 heteroatoms. The molecule has 0 N–H and O–H groups in total. The zero-order valence-corrected chi connectivity index (χ0v) is 16.3. The van der Waals surface area contributed by atoms with E-state index in [1.54, 1.807) is 4.90 Å². The van der Waals surface area contributed by atoms with Gasteiger partial charge in [0, 0.05) is 45.5 Å². The molecular weight excluding hydrogens is 334 g/mol. The number of piperazine rings is 1. The van der Waals surface area contributed by atoms with Crippen LogP contribution < -0.4 is 4.90 Å². The molecule has 142 valence electrons. The molecule has 2 aromatic carbocycles. The van der Waals surface area contributed by atoms with Crippen LogP contribution in [0.4, 0.5) is 5.69 Å². The van der Waals surface area contributed by atoms with Crippen molar-refractivity contribution < 1.29 is 4.79 Å². The number of para-hydroxylation sites is 1. The molecule has 1 aliphatic rings. The van der Waals surface area contributed by atoms with E-state index in [4.69, 9.17) is 0 Å². The number of anilines is 1. The van der Waals surface area contributed by atoms with Crippen LogP contribution >= 0.6 is 0 Å². The van der Waals surface area contributed by atoms with E-state index in [0.29, 0.717) is 0 Å². The lowest BCUT2D eigenvalue weighted by molar-refractivity contribution is -0.123. The Balaban J connectivity index is 1.47. The predicted octanol–water partition coefficient (Wildman–Crippen LogP) is 3.37. The van der Waals surface area contributed by atoms with Crippen LogP contribution in [0.5, 0.6) is 0 Å². The van der Waals surface area contributed by atoms with E-state index in [1.807, 2.05) is 50.4 Å². The van der Waals surface area contributed by atoms with E-state index in [1.165, 1.54) is 5.56 Å². The maximum atomic E-state index is 12.8. The molecule has 0 unspecified atom stereocenters. The fourth-order valence-electron chi connectivity index (χ4n) is 3.45. The van der Waals surface area contributed by atoms with E-state index in [-0.39, 0.29) is 11.9 Å². The van der Waals surface area contributed by atoms with Gasteiger partial charge in [-0.3, -0.25) is 14.6 Å². The minimum Gasteiger partial charge on any atom is -0.314 e. The van der Waals surface area contributed by atoms with Gasteiger partial charge in [-0.1, -0.05) is 60.7 Å². The topological polar surface area (TPSA) is 26.8 Å². The second kappa shape index (κ2) is 9.49. The van der Waals surface area contributed by atoms with Crippen molar-refractivity contribution in [2.45, 2.75) is 13.0 Å². The van der Waals surface area contributed by atoms with E-state index in [2.05, 4.69) is 46.2 Å². The minimum atomic E-state index is -0.0998. The Labute approximate surface area is 162 Å². The summed E-state index contributed by atoms with van der Waals surface area (Å²) in [4.78, 5) is 19.3. The van der Waals surface area contributed by atoms with Gasteiger partial charge in [-0.15, -0.1) is 0 Å². The fourth-order valence-corrected chi connectivity index (χ4v) is 3.45. The minimum absolute atomic E-state index is 0.0998. The summed E-state index contributed by atoms with van der Waals surface area (Å²) in [5, 5.41) is 0. The zero-order chi connectivity index (χ0) is 19.1. The molecule has 2 aromatic rings. The number of benzene rings is 2. The van der Waals surface area contributed by atoms with Crippen LogP contribution in [0.3, 0.4) is 0 Å². The van der Waals surface area contributed by atoms with Gasteiger partial charge < -0.3 is 4.90 Å². The third kappa shape index (κ3) is 5.28. The fraction of sp³-hybridized carbons (Fsp3) is 0.348. The Morgan fingerprint density at radius 2 is 1.59 bits per heavy atom. The number of rotatable bonds is 6. The number of hydrogen-bond acceptors (Lipinski definition) is 3. The summed E-state index contributed by atoms with van der Waals surface area (Å²) in [6.45, 7) is 6.81. The summed E-state index contributed by atoms with van der Waals surface area (Å²) < 4.78 is 0. The normalized spacial score (nSPS) is 17.1. The van der Waals surface area contributed by atoms with Crippen molar-refractivity contribution >= 4 is 17.7 Å². The number of hydrogen-bond donors (Lipinski definition) is 0. The third-order valence-corrected chi connectivity index (χ3v) is 5.26. The summed E-state index contributed by atoms with van der Waals surface area (Å²) >= 11 is 0. The molecule has 0 radical (unpaired) electrons. The molecule has 0 spiro atoms. The van der Waals surface area contributed by atoms with Crippen molar-refractivity contribution in [2.24, 2.45) is 0 Å². The highest BCUT2D eigenvalue weighted by molar-refractivity contribution is 5.96. The highest BCUT2D eigenvalue weighted by Gasteiger charge is 2.27. The zero-order valence-electron chi connectivity index (χ0n) is 16.3. The van der Waals surface area contributed by atoms with Gasteiger partial charge in [-0.05, 0) is 24.6 Å². The molecule has 0 aromatic heterocycles. The Morgan fingerprint density at radius 3 is 2.22 bits per heavy atom. The molecule has 1 amide bonds. The lowest BCUT2D eigenvalue weighted by atomic mass is 10.2. The molecule has 1 fully saturated rings. The highest BCUT2D eigenvalue weighted by Crippen LogP contribution is 2.15. The van der Waals surface area contributed by atoms with Crippen molar-refractivity contribution in [2.75, 3.05) is 44.7 Å². The second-order valence-electron chi connectivity index (χ2n) is 7.06. The van der Waals surface area contributed by atoms with Crippen LogP contribution in [0.15, 0.2) is 66.7 Å². The number of likely N-dealkylation sites (N-methyl/N-ethyl adjacent to an activating group) is 1. The number of carbonyl (C=O) groups excluding carboxylic acids is 1. The molecule has 27 heavy (non-hydrogen) atoms. The van der Waals surface area contributed by atoms with Crippen LogP contribution in [-0.4, -0.2) is 61.5 Å². The Hall–Kier alpha value is -2.43. The second-order valence-corrected chi connectivity index (χ2v) is 7.06. The molecule has 0 aliphatic carbocycles. The van der Waals surface area contributed by atoms with Gasteiger partial charge in [-0.25, -0.2) is 0 Å². The smallest absolute Gasteiger partial charge is 0.243 e. The Bertz CT molecular complexity index is 737.